The van der Waals surface area contributed by atoms with Gasteiger partial charge in [0.1, 0.15) is 4.88 Å². The highest BCUT2D eigenvalue weighted by Gasteiger charge is 2.15. The van der Waals surface area contributed by atoms with E-state index in [-0.39, 0.29) is 0 Å². The summed E-state index contributed by atoms with van der Waals surface area (Å²) in [6, 6.07) is 3.87. The van der Waals surface area contributed by atoms with Crippen LogP contribution in [0.25, 0.3) is 10.4 Å². The molecule has 0 fully saturated rings. The van der Waals surface area contributed by atoms with Crippen molar-refractivity contribution in [3.8, 4) is 10.4 Å². The highest BCUT2D eigenvalue weighted by molar-refractivity contribution is 7.15. The number of rotatable bonds is 2. The molecule has 2 aromatic rings. The largest absolute Gasteiger partial charge is 0.477 e. The van der Waals surface area contributed by atoms with E-state index in [4.69, 9.17) is 5.11 Å². The Hall–Kier alpha value is -1.13. The Morgan fingerprint density at radius 2 is 2.00 bits per heavy atom. The summed E-state index contributed by atoms with van der Waals surface area (Å²) in [5.41, 5.74) is 1.98. The molecule has 0 aliphatic carbocycles. The van der Waals surface area contributed by atoms with Gasteiger partial charge in [0.2, 0.25) is 0 Å². The first-order valence-electron chi connectivity index (χ1n) is 4.05. The Balaban J connectivity index is 2.57. The molecule has 0 aliphatic heterocycles. The van der Waals surface area contributed by atoms with E-state index in [0.717, 1.165) is 16.0 Å². The Bertz CT molecular complexity index is 468. The van der Waals surface area contributed by atoms with Crippen molar-refractivity contribution in [1.29, 1.82) is 0 Å². The molecule has 1 N–H and O–H groups in total. The summed E-state index contributed by atoms with van der Waals surface area (Å²) in [4.78, 5) is 12.4. The lowest BCUT2D eigenvalue weighted by molar-refractivity contribution is 0.0703. The summed E-state index contributed by atoms with van der Waals surface area (Å²) < 4.78 is 0. The van der Waals surface area contributed by atoms with E-state index >= 15 is 0 Å². The summed E-state index contributed by atoms with van der Waals surface area (Å²) in [5, 5.41) is 12.8. The standard InChI is InChI=1S/C10H8O2S2/c1-6-2-4-13-8(6)7-3-5-14-9(7)10(11)12/h2-5H,1H3,(H,11,12). The van der Waals surface area contributed by atoms with Gasteiger partial charge in [-0.1, -0.05) is 0 Å². The van der Waals surface area contributed by atoms with Gasteiger partial charge in [-0.05, 0) is 35.4 Å². The molecule has 0 radical (unpaired) electrons. The molecule has 0 atom stereocenters. The molecule has 2 heterocycles. The van der Waals surface area contributed by atoms with Crippen LogP contribution >= 0.6 is 22.7 Å². The van der Waals surface area contributed by atoms with Gasteiger partial charge in [-0.25, -0.2) is 4.79 Å². The smallest absolute Gasteiger partial charge is 0.346 e. The minimum absolute atomic E-state index is 0.426. The van der Waals surface area contributed by atoms with Crippen LogP contribution in [0.2, 0.25) is 0 Å². The average Bonchev–Trinajstić information content (AvgIpc) is 2.70. The zero-order valence-corrected chi connectivity index (χ0v) is 9.11. The van der Waals surface area contributed by atoms with Crippen molar-refractivity contribution in [3.05, 3.63) is 33.3 Å². The monoisotopic (exact) mass is 224 g/mol. The van der Waals surface area contributed by atoms with Gasteiger partial charge >= 0.3 is 5.97 Å². The van der Waals surface area contributed by atoms with E-state index in [2.05, 4.69) is 0 Å². The van der Waals surface area contributed by atoms with Crippen LogP contribution in [0.4, 0.5) is 0 Å². The number of aryl methyl sites for hydroxylation is 1. The van der Waals surface area contributed by atoms with E-state index in [1.165, 1.54) is 11.3 Å². The SMILES string of the molecule is Cc1ccsc1-c1ccsc1C(=O)O. The number of carboxylic acids is 1. The first-order valence-corrected chi connectivity index (χ1v) is 5.81. The van der Waals surface area contributed by atoms with E-state index in [1.54, 1.807) is 11.3 Å². The number of thiophene rings is 2. The van der Waals surface area contributed by atoms with Crippen LogP contribution < -0.4 is 0 Å². The fraction of sp³-hybridized carbons (Fsp3) is 0.100. The Morgan fingerprint density at radius 1 is 1.29 bits per heavy atom. The predicted octanol–water partition coefficient (Wildman–Crippen LogP) is 3.48. The third-order valence-electron chi connectivity index (χ3n) is 1.97. The summed E-state index contributed by atoms with van der Waals surface area (Å²) in [7, 11) is 0. The number of aromatic carboxylic acids is 1. The average molecular weight is 224 g/mol. The summed E-state index contributed by atoms with van der Waals surface area (Å²) in [6.45, 7) is 2.00. The third kappa shape index (κ3) is 1.47. The van der Waals surface area contributed by atoms with Gasteiger partial charge in [-0.3, -0.25) is 0 Å². The highest BCUT2D eigenvalue weighted by Crippen LogP contribution is 2.34. The number of carboxylic acid groups (broad SMARTS) is 1. The fourth-order valence-corrected chi connectivity index (χ4v) is 3.06. The van der Waals surface area contributed by atoms with Gasteiger partial charge in [-0.15, -0.1) is 22.7 Å². The molecule has 0 unspecified atom stereocenters. The molecular formula is C10H8O2S2. The van der Waals surface area contributed by atoms with Crippen LogP contribution in [0, 0.1) is 6.92 Å². The molecule has 0 amide bonds. The van der Waals surface area contributed by atoms with Gasteiger partial charge in [-0.2, -0.15) is 0 Å². The van der Waals surface area contributed by atoms with Crippen molar-refractivity contribution in [2.75, 3.05) is 0 Å². The van der Waals surface area contributed by atoms with Gasteiger partial charge in [0, 0.05) is 10.4 Å². The van der Waals surface area contributed by atoms with Crippen LogP contribution in [0.15, 0.2) is 22.9 Å². The topological polar surface area (TPSA) is 37.3 Å². The molecule has 0 aromatic carbocycles. The Morgan fingerprint density at radius 3 is 2.57 bits per heavy atom. The van der Waals surface area contributed by atoms with E-state index in [0.29, 0.717) is 4.88 Å². The lowest BCUT2D eigenvalue weighted by Crippen LogP contribution is -1.93. The normalized spacial score (nSPS) is 10.4. The third-order valence-corrected chi connectivity index (χ3v) is 3.92. The maximum Gasteiger partial charge on any atom is 0.346 e. The van der Waals surface area contributed by atoms with Gasteiger partial charge in [0.05, 0.1) is 0 Å². The maximum absolute atomic E-state index is 10.9. The Kier molecular flexibility index (Phi) is 2.39. The van der Waals surface area contributed by atoms with Crippen molar-refractivity contribution in [1.82, 2.24) is 0 Å². The molecule has 0 saturated heterocycles. The number of hydrogen-bond acceptors (Lipinski definition) is 3. The molecule has 2 rings (SSSR count). The molecule has 0 saturated carbocycles. The molecule has 0 spiro atoms. The molecule has 2 nitrogen and oxygen atoms in total. The lowest BCUT2D eigenvalue weighted by atomic mass is 10.1. The Labute approximate surface area is 89.5 Å². The second kappa shape index (κ2) is 3.55. The highest BCUT2D eigenvalue weighted by atomic mass is 32.1. The first-order chi connectivity index (χ1) is 6.70. The van der Waals surface area contributed by atoms with Crippen LogP contribution in [0.3, 0.4) is 0 Å². The lowest BCUT2D eigenvalue weighted by Gasteiger charge is -1.97. The van der Waals surface area contributed by atoms with E-state index in [1.807, 2.05) is 29.8 Å². The van der Waals surface area contributed by atoms with Crippen LogP contribution in [0.1, 0.15) is 15.2 Å². The summed E-state index contributed by atoms with van der Waals surface area (Å²) in [5.74, 6) is -0.845. The first kappa shape index (κ1) is 9.43. The summed E-state index contributed by atoms with van der Waals surface area (Å²) in [6.07, 6.45) is 0. The molecule has 72 valence electrons. The van der Waals surface area contributed by atoms with Crippen molar-refractivity contribution in [2.24, 2.45) is 0 Å². The predicted molar refractivity (Wildman–Crippen MR) is 59.3 cm³/mol. The zero-order valence-electron chi connectivity index (χ0n) is 7.48. The minimum Gasteiger partial charge on any atom is -0.477 e. The minimum atomic E-state index is -0.845. The van der Waals surface area contributed by atoms with Crippen molar-refractivity contribution >= 4 is 28.6 Å². The molecule has 2 aromatic heterocycles. The second-order valence-corrected chi connectivity index (χ2v) is 4.73. The van der Waals surface area contributed by atoms with Crippen molar-refractivity contribution < 1.29 is 9.90 Å². The quantitative estimate of drug-likeness (QED) is 0.847. The van der Waals surface area contributed by atoms with Crippen molar-refractivity contribution in [3.63, 3.8) is 0 Å². The van der Waals surface area contributed by atoms with Gasteiger partial charge < -0.3 is 5.11 Å². The number of hydrogen-bond donors (Lipinski definition) is 1. The summed E-state index contributed by atoms with van der Waals surface area (Å²) >= 11 is 2.85. The zero-order chi connectivity index (χ0) is 10.1. The molecule has 0 bridgehead atoms. The van der Waals surface area contributed by atoms with Crippen LogP contribution in [-0.4, -0.2) is 11.1 Å². The molecule has 0 aliphatic rings. The van der Waals surface area contributed by atoms with E-state index in [9.17, 15) is 4.79 Å². The van der Waals surface area contributed by atoms with Crippen LogP contribution in [0.5, 0.6) is 0 Å². The van der Waals surface area contributed by atoms with E-state index < -0.39 is 5.97 Å². The fourth-order valence-electron chi connectivity index (χ4n) is 1.30. The maximum atomic E-state index is 10.9. The molecular weight excluding hydrogens is 216 g/mol. The van der Waals surface area contributed by atoms with Gasteiger partial charge in [0.25, 0.3) is 0 Å². The van der Waals surface area contributed by atoms with Gasteiger partial charge in [0.15, 0.2) is 0 Å². The van der Waals surface area contributed by atoms with Crippen molar-refractivity contribution in [2.45, 2.75) is 6.92 Å². The number of carbonyl (C=O) groups is 1. The molecule has 4 heteroatoms. The molecule has 14 heavy (non-hydrogen) atoms. The second-order valence-electron chi connectivity index (χ2n) is 2.90. The van der Waals surface area contributed by atoms with Crippen LogP contribution in [-0.2, 0) is 0 Å².